The van der Waals surface area contributed by atoms with E-state index in [-0.39, 0.29) is 0 Å². The number of imidazole rings is 1. The minimum absolute atomic E-state index is 0.578. The summed E-state index contributed by atoms with van der Waals surface area (Å²) >= 11 is 0. The number of aliphatic imine (C=N–C) groups is 1. The number of pyridine rings is 1. The van der Waals surface area contributed by atoms with Gasteiger partial charge in [-0.2, -0.15) is 0 Å². The van der Waals surface area contributed by atoms with Crippen LogP contribution < -0.4 is 10.6 Å². The maximum atomic E-state index is 4.70. The first-order chi connectivity index (χ1) is 14.0. The summed E-state index contributed by atoms with van der Waals surface area (Å²) in [6, 6.07) is 10.8. The Morgan fingerprint density at radius 1 is 1.00 bits per heavy atom. The summed E-state index contributed by atoms with van der Waals surface area (Å²) < 4.78 is 1.96. The molecule has 0 fully saturated rings. The average molecular weight is 391 g/mol. The fourth-order valence-electron chi connectivity index (χ4n) is 3.32. The maximum Gasteiger partial charge on any atom is 0.191 e. The Morgan fingerprint density at radius 2 is 1.79 bits per heavy atom. The molecular weight excluding hydrogens is 360 g/mol. The van der Waals surface area contributed by atoms with E-state index in [1.807, 2.05) is 30.0 Å². The molecule has 0 unspecified atom stereocenters. The molecule has 6 heteroatoms. The van der Waals surface area contributed by atoms with E-state index in [0.29, 0.717) is 6.54 Å². The molecule has 0 atom stereocenters. The predicted octanol–water partition coefficient (Wildman–Crippen LogP) is 3.49. The van der Waals surface area contributed by atoms with Gasteiger partial charge in [0.25, 0.3) is 0 Å². The number of guanidine groups is 1. The van der Waals surface area contributed by atoms with Crippen LogP contribution in [0.1, 0.15) is 35.0 Å². The zero-order chi connectivity index (χ0) is 20.6. The monoisotopic (exact) mass is 390 g/mol. The Morgan fingerprint density at radius 3 is 2.41 bits per heavy atom. The topological polar surface area (TPSA) is 67.1 Å². The number of aromatic nitrogens is 3. The molecule has 29 heavy (non-hydrogen) atoms. The summed E-state index contributed by atoms with van der Waals surface area (Å²) in [6.45, 7) is 10.6. The third-order valence-electron chi connectivity index (χ3n) is 4.63. The molecule has 0 spiro atoms. The molecule has 6 nitrogen and oxygen atoms in total. The lowest BCUT2D eigenvalue weighted by atomic mass is 10.1. The smallest absolute Gasteiger partial charge is 0.191 e. The first-order valence-electron chi connectivity index (χ1n) is 10.1. The summed E-state index contributed by atoms with van der Waals surface area (Å²) in [5.41, 5.74) is 5.03. The van der Waals surface area contributed by atoms with Crippen LogP contribution in [-0.4, -0.2) is 33.6 Å². The van der Waals surface area contributed by atoms with Crippen LogP contribution in [0, 0.1) is 20.8 Å². The van der Waals surface area contributed by atoms with Gasteiger partial charge in [-0.1, -0.05) is 35.4 Å². The number of nitrogens with one attached hydrogen (secondary N) is 2. The van der Waals surface area contributed by atoms with E-state index in [0.717, 1.165) is 42.7 Å². The van der Waals surface area contributed by atoms with Gasteiger partial charge < -0.3 is 10.6 Å². The van der Waals surface area contributed by atoms with Crippen molar-refractivity contribution < 1.29 is 0 Å². The highest BCUT2D eigenvalue weighted by Gasteiger charge is 2.03. The van der Waals surface area contributed by atoms with Crippen molar-refractivity contribution in [3.63, 3.8) is 0 Å². The predicted molar refractivity (Wildman–Crippen MR) is 119 cm³/mol. The molecule has 0 saturated carbocycles. The Bertz CT molecular complexity index is 936. The van der Waals surface area contributed by atoms with E-state index in [2.05, 4.69) is 65.6 Å². The minimum atomic E-state index is 0.578. The first kappa shape index (κ1) is 20.6. The van der Waals surface area contributed by atoms with Gasteiger partial charge in [0.05, 0.1) is 6.54 Å². The molecule has 0 amide bonds. The summed E-state index contributed by atoms with van der Waals surface area (Å²) in [6.07, 6.45) is 6.53. The number of nitrogens with zero attached hydrogens (tertiary/aromatic N) is 4. The summed E-state index contributed by atoms with van der Waals surface area (Å²) in [4.78, 5) is 13.5. The van der Waals surface area contributed by atoms with Gasteiger partial charge >= 0.3 is 0 Å². The van der Waals surface area contributed by atoms with Crippen LogP contribution in [0.25, 0.3) is 5.82 Å². The molecular formula is C23H30N6. The SMILES string of the molecule is CCNC(=NCc1ccc(-n2ccnc2C)nc1)NCCc1cc(C)cc(C)c1. The van der Waals surface area contributed by atoms with Gasteiger partial charge in [0.1, 0.15) is 11.6 Å². The Hall–Kier alpha value is -3.15. The van der Waals surface area contributed by atoms with E-state index >= 15 is 0 Å². The second-order valence-corrected chi connectivity index (χ2v) is 7.24. The first-order valence-corrected chi connectivity index (χ1v) is 10.1. The molecule has 152 valence electrons. The van der Waals surface area contributed by atoms with Crippen LogP contribution in [0.5, 0.6) is 0 Å². The normalized spacial score (nSPS) is 11.5. The molecule has 3 rings (SSSR count). The number of rotatable bonds is 7. The zero-order valence-electron chi connectivity index (χ0n) is 17.7. The Labute approximate surface area is 173 Å². The van der Waals surface area contributed by atoms with Gasteiger partial charge in [0, 0.05) is 31.7 Å². The number of hydrogen-bond donors (Lipinski definition) is 2. The number of benzene rings is 1. The highest BCUT2D eigenvalue weighted by molar-refractivity contribution is 5.79. The molecule has 2 N–H and O–H groups in total. The number of aryl methyl sites for hydroxylation is 3. The maximum absolute atomic E-state index is 4.70. The van der Waals surface area contributed by atoms with Crippen molar-refractivity contribution in [2.75, 3.05) is 13.1 Å². The number of hydrogen-bond acceptors (Lipinski definition) is 3. The third kappa shape index (κ3) is 5.91. The van der Waals surface area contributed by atoms with E-state index in [9.17, 15) is 0 Å². The third-order valence-corrected chi connectivity index (χ3v) is 4.63. The molecule has 0 bridgehead atoms. The van der Waals surface area contributed by atoms with Gasteiger partial charge in [0.15, 0.2) is 5.96 Å². The van der Waals surface area contributed by atoms with Crippen LogP contribution in [-0.2, 0) is 13.0 Å². The van der Waals surface area contributed by atoms with E-state index < -0.39 is 0 Å². The fourth-order valence-corrected chi connectivity index (χ4v) is 3.32. The summed E-state index contributed by atoms with van der Waals surface area (Å²) in [7, 11) is 0. The van der Waals surface area contributed by atoms with Gasteiger partial charge in [-0.05, 0) is 51.3 Å². The molecule has 2 heterocycles. The Kier molecular flexibility index (Phi) is 7.00. The van der Waals surface area contributed by atoms with E-state index in [1.54, 1.807) is 6.20 Å². The highest BCUT2D eigenvalue weighted by Crippen LogP contribution is 2.10. The van der Waals surface area contributed by atoms with Gasteiger partial charge in [-0.3, -0.25) is 4.57 Å². The lowest BCUT2D eigenvalue weighted by Crippen LogP contribution is -2.38. The lowest BCUT2D eigenvalue weighted by Gasteiger charge is -2.12. The van der Waals surface area contributed by atoms with Gasteiger partial charge in [-0.25, -0.2) is 15.0 Å². The van der Waals surface area contributed by atoms with E-state index in [4.69, 9.17) is 4.99 Å². The van der Waals surface area contributed by atoms with Gasteiger partial charge in [-0.15, -0.1) is 0 Å². The van der Waals surface area contributed by atoms with E-state index in [1.165, 1.54) is 16.7 Å². The zero-order valence-corrected chi connectivity index (χ0v) is 17.7. The van der Waals surface area contributed by atoms with Crippen LogP contribution in [0.3, 0.4) is 0 Å². The molecule has 3 aromatic rings. The van der Waals surface area contributed by atoms with Crippen LogP contribution in [0.15, 0.2) is 53.9 Å². The van der Waals surface area contributed by atoms with Crippen LogP contribution >= 0.6 is 0 Å². The average Bonchev–Trinajstić information content (AvgIpc) is 3.12. The van der Waals surface area contributed by atoms with Crippen molar-refractivity contribution in [1.29, 1.82) is 0 Å². The largest absolute Gasteiger partial charge is 0.357 e. The minimum Gasteiger partial charge on any atom is -0.357 e. The lowest BCUT2D eigenvalue weighted by molar-refractivity contribution is 0.798. The van der Waals surface area contributed by atoms with Gasteiger partial charge in [0.2, 0.25) is 0 Å². The second-order valence-electron chi connectivity index (χ2n) is 7.24. The van der Waals surface area contributed by atoms with Crippen molar-refractivity contribution in [1.82, 2.24) is 25.2 Å². The fraction of sp³-hybridized carbons (Fsp3) is 0.348. The van der Waals surface area contributed by atoms with Crippen molar-refractivity contribution >= 4 is 5.96 Å². The molecule has 2 aromatic heterocycles. The molecule has 0 saturated heterocycles. The van der Waals surface area contributed by atoms with Crippen molar-refractivity contribution in [3.8, 4) is 5.82 Å². The summed E-state index contributed by atoms with van der Waals surface area (Å²) in [5, 5.41) is 6.73. The molecule has 0 aliphatic carbocycles. The molecule has 0 radical (unpaired) electrons. The van der Waals surface area contributed by atoms with Crippen LogP contribution in [0.4, 0.5) is 0 Å². The van der Waals surface area contributed by atoms with Crippen LogP contribution in [0.2, 0.25) is 0 Å². The van der Waals surface area contributed by atoms with Crippen molar-refractivity contribution in [3.05, 3.63) is 77.0 Å². The van der Waals surface area contributed by atoms with Crippen molar-refractivity contribution in [2.45, 2.75) is 40.7 Å². The molecule has 0 aliphatic rings. The Balaban J connectivity index is 1.57. The molecule has 1 aromatic carbocycles. The quantitative estimate of drug-likeness (QED) is 0.479. The summed E-state index contributed by atoms with van der Waals surface area (Å²) in [5.74, 6) is 2.61. The second kappa shape index (κ2) is 9.87. The molecule has 0 aliphatic heterocycles. The highest BCUT2D eigenvalue weighted by atomic mass is 15.2. The van der Waals surface area contributed by atoms with Crippen molar-refractivity contribution in [2.24, 2.45) is 4.99 Å². The standard InChI is InChI=1S/C23H30N6/c1-5-24-23(26-9-8-20-13-17(2)12-18(3)14-20)28-16-21-6-7-22(27-15-21)29-11-10-25-19(29)4/h6-7,10-15H,5,8-9,16H2,1-4H3,(H2,24,26,28).